The van der Waals surface area contributed by atoms with Crippen LogP contribution in [-0.4, -0.2) is 87.7 Å². The molecule has 5 N–H and O–H groups in total. The topological polar surface area (TPSA) is 137 Å². The van der Waals surface area contributed by atoms with E-state index in [-0.39, 0.29) is 38.9 Å². The summed E-state index contributed by atoms with van der Waals surface area (Å²) in [6.07, 6.45) is 0. The number of carboxylic acids is 1. The van der Waals surface area contributed by atoms with Gasteiger partial charge < -0.3 is 35.7 Å². The summed E-state index contributed by atoms with van der Waals surface area (Å²) < 4.78 is 15.1. The Kier molecular flexibility index (Phi) is 12.9. The van der Waals surface area contributed by atoms with E-state index in [1.807, 2.05) is 0 Å². The third-order valence-electron chi connectivity index (χ3n) is 2.35. The number of nitrogens with two attached hydrogens (primary N) is 2. The lowest BCUT2D eigenvalue weighted by atomic mass is 10.4. The first-order valence-corrected chi connectivity index (χ1v) is 6.74. The van der Waals surface area contributed by atoms with Crippen molar-refractivity contribution in [2.45, 2.75) is 0 Å². The first-order chi connectivity index (χ1) is 10.1. The molecule has 0 bridgehead atoms. The highest BCUT2D eigenvalue weighted by Crippen LogP contribution is 1.90. The number of carbonyl (C=O) groups excluding carboxylic acids is 1. The second-order valence-electron chi connectivity index (χ2n) is 4.07. The van der Waals surface area contributed by atoms with Gasteiger partial charge in [0.1, 0.15) is 13.2 Å². The SMILES string of the molecule is NCCN(CCN)C(=O)COCCOCCOCC(=O)O. The maximum absolute atomic E-state index is 11.7. The zero-order valence-corrected chi connectivity index (χ0v) is 12.2. The van der Waals surface area contributed by atoms with E-state index < -0.39 is 5.97 Å². The summed E-state index contributed by atoms with van der Waals surface area (Å²) in [6, 6.07) is 0. The van der Waals surface area contributed by atoms with Gasteiger partial charge in [-0.15, -0.1) is 0 Å². The molecule has 0 aromatic carbocycles. The summed E-state index contributed by atoms with van der Waals surface area (Å²) in [5, 5.41) is 8.32. The summed E-state index contributed by atoms with van der Waals surface area (Å²) in [7, 11) is 0. The predicted octanol–water partition coefficient (Wildman–Crippen LogP) is -2.13. The minimum absolute atomic E-state index is 0.0428. The number of aliphatic carboxylic acids is 1. The third-order valence-corrected chi connectivity index (χ3v) is 2.35. The molecule has 0 spiro atoms. The van der Waals surface area contributed by atoms with Gasteiger partial charge in [0.05, 0.1) is 26.4 Å². The lowest BCUT2D eigenvalue weighted by Crippen LogP contribution is -2.40. The van der Waals surface area contributed by atoms with E-state index in [1.165, 1.54) is 0 Å². The minimum atomic E-state index is -1.02. The number of ether oxygens (including phenoxy) is 3. The second kappa shape index (κ2) is 13.7. The highest BCUT2D eigenvalue weighted by Gasteiger charge is 2.11. The average Bonchev–Trinajstić information content (AvgIpc) is 2.44. The fraction of sp³-hybridized carbons (Fsp3) is 0.833. The minimum Gasteiger partial charge on any atom is -0.480 e. The maximum Gasteiger partial charge on any atom is 0.329 e. The highest BCUT2D eigenvalue weighted by molar-refractivity contribution is 5.77. The van der Waals surface area contributed by atoms with Crippen molar-refractivity contribution in [3.8, 4) is 0 Å². The summed E-state index contributed by atoms with van der Waals surface area (Å²) in [4.78, 5) is 23.4. The predicted molar refractivity (Wildman–Crippen MR) is 74.8 cm³/mol. The van der Waals surface area contributed by atoms with Crippen molar-refractivity contribution in [3.05, 3.63) is 0 Å². The van der Waals surface area contributed by atoms with Crippen LogP contribution in [0.4, 0.5) is 0 Å². The number of rotatable bonds is 14. The first kappa shape index (κ1) is 19.7. The molecule has 9 nitrogen and oxygen atoms in total. The van der Waals surface area contributed by atoms with Crippen LogP contribution < -0.4 is 11.5 Å². The van der Waals surface area contributed by atoms with E-state index in [1.54, 1.807) is 4.90 Å². The smallest absolute Gasteiger partial charge is 0.329 e. The van der Waals surface area contributed by atoms with Crippen LogP contribution >= 0.6 is 0 Å². The van der Waals surface area contributed by atoms with Crippen molar-refractivity contribution in [3.63, 3.8) is 0 Å². The molecule has 21 heavy (non-hydrogen) atoms. The van der Waals surface area contributed by atoms with E-state index >= 15 is 0 Å². The van der Waals surface area contributed by atoms with Crippen LogP contribution in [0.15, 0.2) is 0 Å². The molecule has 0 rings (SSSR count). The molecule has 0 heterocycles. The molecule has 0 atom stereocenters. The van der Waals surface area contributed by atoms with E-state index in [9.17, 15) is 9.59 Å². The van der Waals surface area contributed by atoms with Crippen LogP contribution in [0.25, 0.3) is 0 Å². The van der Waals surface area contributed by atoms with Crippen LogP contribution in [0.5, 0.6) is 0 Å². The van der Waals surface area contributed by atoms with Gasteiger partial charge in [0, 0.05) is 26.2 Å². The summed E-state index contributed by atoms with van der Waals surface area (Å²) in [5.41, 5.74) is 10.8. The molecule has 0 aliphatic rings. The molecule has 0 radical (unpaired) electrons. The Morgan fingerprint density at radius 2 is 1.33 bits per heavy atom. The van der Waals surface area contributed by atoms with Crippen LogP contribution in [0, 0.1) is 0 Å². The summed E-state index contributed by atoms with van der Waals surface area (Å²) in [6.45, 7) is 2.33. The molecule has 1 amide bonds. The zero-order chi connectivity index (χ0) is 15.9. The molecular weight excluding hydrogens is 282 g/mol. The van der Waals surface area contributed by atoms with Gasteiger partial charge in [0.2, 0.25) is 5.91 Å². The van der Waals surface area contributed by atoms with Crippen LogP contribution in [-0.2, 0) is 23.8 Å². The Hall–Kier alpha value is -1.26. The van der Waals surface area contributed by atoms with Crippen molar-refractivity contribution < 1.29 is 28.9 Å². The van der Waals surface area contributed by atoms with Crippen molar-refractivity contribution in [2.24, 2.45) is 11.5 Å². The monoisotopic (exact) mass is 307 g/mol. The summed E-state index contributed by atoms with van der Waals surface area (Å²) in [5.74, 6) is -1.17. The first-order valence-electron chi connectivity index (χ1n) is 6.74. The van der Waals surface area contributed by atoms with Gasteiger partial charge in [-0.2, -0.15) is 0 Å². The molecular formula is C12H25N3O6. The Labute approximate surface area is 124 Å². The van der Waals surface area contributed by atoms with E-state index in [0.717, 1.165) is 0 Å². The molecule has 0 aliphatic heterocycles. The van der Waals surface area contributed by atoms with Crippen LogP contribution in [0.3, 0.4) is 0 Å². The third kappa shape index (κ3) is 12.2. The Morgan fingerprint density at radius 1 is 0.857 bits per heavy atom. The number of hydrogen-bond donors (Lipinski definition) is 3. The van der Waals surface area contributed by atoms with Crippen molar-refractivity contribution >= 4 is 11.9 Å². The molecule has 0 aliphatic carbocycles. The van der Waals surface area contributed by atoms with Gasteiger partial charge in [0.15, 0.2) is 0 Å². The lowest BCUT2D eigenvalue weighted by molar-refractivity contribution is -0.142. The van der Waals surface area contributed by atoms with Crippen LogP contribution in [0.2, 0.25) is 0 Å². The number of carboxylic acid groups (broad SMARTS) is 1. The number of amides is 1. The standard InChI is InChI=1S/C12H25N3O6/c13-1-3-15(4-2-14)11(16)9-20-7-5-19-6-8-21-10-12(17)18/h1-10,13-14H2,(H,17,18). The lowest BCUT2D eigenvalue weighted by Gasteiger charge is -2.21. The van der Waals surface area contributed by atoms with Gasteiger partial charge in [-0.3, -0.25) is 4.79 Å². The van der Waals surface area contributed by atoms with Gasteiger partial charge in [-0.05, 0) is 0 Å². The van der Waals surface area contributed by atoms with Crippen LogP contribution in [0.1, 0.15) is 0 Å². The largest absolute Gasteiger partial charge is 0.480 e. The quantitative estimate of drug-likeness (QED) is 0.309. The number of carbonyl (C=O) groups is 2. The average molecular weight is 307 g/mol. The highest BCUT2D eigenvalue weighted by atomic mass is 16.5. The Balaban J connectivity index is 3.48. The molecule has 0 aromatic heterocycles. The van der Waals surface area contributed by atoms with Gasteiger partial charge in [-0.1, -0.05) is 0 Å². The molecule has 0 aromatic rings. The van der Waals surface area contributed by atoms with Crippen molar-refractivity contribution in [1.29, 1.82) is 0 Å². The molecule has 124 valence electrons. The maximum atomic E-state index is 11.7. The van der Waals surface area contributed by atoms with Gasteiger partial charge >= 0.3 is 5.97 Å². The van der Waals surface area contributed by atoms with E-state index in [0.29, 0.717) is 32.8 Å². The fourth-order valence-corrected chi connectivity index (χ4v) is 1.42. The Bertz CT molecular complexity index is 284. The molecule has 9 heteroatoms. The fourth-order valence-electron chi connectivity index (χ4n) is 1.42. The zero-order valence-electron chi connectivity index (χ0n) is 12.2. The van der Waals surface area contributed by atoms with Gasteiger partial charge in [0.25, 0.3) is 0 Å². The Morgan fingerprint density at radius 3 is 1.81 bits per heavy atom. The van der Waals surface area contributed by atoms with E-state index in [4.69, 9.17) is 30.8 Å². The van der Waals surface area contributed by atoms with Gasteiger partial charge in [-0.25, -0.2) is 4.79 Å². The number of hydrogen-bond acceptors (Lipinski definition) is 7. The van der Waals surface area contributed by atoms with Crippen molar-refractivity contribution in [2.75, 3.05) is 65.8 Å². The molecule has 0 saturated carbocycles. The second-order valence-corrected chi connectivity index (χ2v) is 4.07. The van der Waals surface area contributed by atoms with Crippen molar-refractivity contribution in [1.82, 2.24) is 4.90 Å². The normalized spacial score (nSPS) is 10.6. The summed E-state index contributed by atoms with van der Waals surface area (Å²) >= 11 is 0. The molecule has 0 saturated heterocycles. The molecule has 0 fully saturated rings. The molecule has 0 unspecified atom stereocenters. The van der Waals surface area contributed by atoms with E-state index in [2.05, 4.69) is 0 Å². The number of nitrogens with zero attached hydrogens (tertiary/aromatic N) is 1.